The maximum absolute atomic E-state index is 14.9. The van der Waals surface area contributed by atoms with Gasteiger partial charge in [-0.3, -0.25) is 9.36 Å². The lowest BCUT2D eigenvalue weighted by molar-refractivity contribution is -0.189. The fraction of sp³-hybridized carbons (Fsp3) is 0.286. The second-order valence-electron chi connectivity index (χ2n) is 7.56. The Labute approximate surface area is 196 Å². The van der Waals surface area contributed by atoms with Gasteiger partial charge in [-0.1, -0.05) is 12.1 Å². The van der Waals surface area contributed by atoms with Gasteiger partial charge < -0.3 is 10.1 Å². The number of nitrogens with zero attached hydrogens (tertiary/aromatic N) is 3. The molecule has 0 aliphatic rings. The lowest BCUT2D eigenvalue weighted by Crippen LogP contribution is -2.32. The van der Waals surface area contributed by atoms with Gasteiger partial charge in [0.2, 0.25) is 5.82 Å². The lowest BCUT2D eigenvalue weighted by Gasteiger charge is -2.20. The molecule has 3 aromatic rings. The average molecular weight is 524 g/mol. The first-order valence-electron chi connectivity index (χ1n) is 9.89. The van der Waals surface area contributed by atoms with Crippen LogP contribution < -0.4 is 15.7 Å². The van der Waals surface area contributed by atoms with Crippen LogP contribution in [0.4, 0.5) is 40.8 Å². The highest BCUT2D eigenvalue weighted by molar-refractivity contribution is 6.06. The first-order valence-corrected chi connectivity index (χ1v) is 9.89. The average Bonchev–Trinajstić information content (AvgIpc) is 3.05. The largest absolute Gasteiger partial charge is 0.480 e. The molecule has 0 unspecified atom stereocenters. The molecule has 1 amide bonds. The van der Waals surface area contributed by atoms with Gasteiger partial charge in [-0.05, 0) is 31.5 Å². The predicted octanol–water partition coefficient (Wildman–Crippen LogP) is 4.76. The van der Waals surface area contributed by atoms with E-state index >= 15 is 0 Å². The van der Waals surface area contributed by atoms with Crippen molar-refractivity contribution in [2.24, 2.45) is 7.05 Å². The van der Waals surface area contributed by atoms with E-state index in [2.05, 4.69) is 10.4 Å². The fourth-order valence-corrected chi connectivity index (χ4v) is 3.05. The number of benzene rings is 2. The van der Waals surface area contributed by atoms with Crippen LogP contribution in [0.2, 0.25) is 0 Å². The Morgan fingerprint density at radius 2 is 1.72 bits per heavy atom. The normalized spacial score (nSPS) is 13.0. The molecule has 1 N–H and O–H groups in total. The third-order valence-corrected chi connectivity index (χ3v) is 4.98. The van der Waals surface area contributed by atoms with Crippen molar-refractivity contribution in [1.82, 2.24) is 14.3 Å². The van der Waals surface area contributed by atoms with Crippen LogP contribution in [-0.2, 0) is 13.2 Å². The van der Waals surface area contributed by atoms with Crippen LogP contribution in [0.25, 0.3) is 5.69 Å². The summed E-state index contributed by atoms with van der Waals surface area (Å²) < 4.78 is 113. The Morgan fingerprint density at radius 3 is 2.25 bits per heavy atom. The van der Waals surface area contributed by atoms with Gasteiger partial charge in [-0.2, -0.15) is 31.0 Å². The van der Waals surface area contributed by atoms with E-state index in [0.29, 0.717) is 26.1 Å². The zero-order chi connectivity index (χ0) is 27.2. The highest BCUT2D eigenvalue weighted by atomic mass is 19.4. The number of alkyl halides is 6. The summed E-state index contributed by atoms with van der Waals surface area (Å²) in [6, 6.07) is 4.50. The van der Waals surface area contributed by atoms with Gasteiger partial charge in [0, 0.05) is 13.1 Å². The van der Waals surface area contributed by atoms with E-state index in [9.17, 15) is 44.7 Å². The van der Waals surface area contributed by atoms with Gasteiger partial charge in [0.25, 0.3) is 5.91 Å². The van der Waals surface area contributed by atoms with Crippen LogP contribution in [0.1, 0.15) is 28.7 Å². The number of hydrogen-bond donors (Lipinski definition) is 1. The molecule has 1 atom stereocenters. The maximum Gasteiger partial charge on any atom is 0.451 e. The zero-order valence-corrected chi connectivity index (χ0v) is 18.6. The third-order valence-electron chi connectivity index (χ3n) is 4.98. The molecule has 194 valence electrons. The van der Waals surface area contributed by atoms with E-state index in [4.69, 9.17) is 4.74 Å². The van der Waals surface area contributed by atoms with Crippen molar-refractivity contribution in [2.75, 3.05) is 5.32 Å². The van der Waals surface area contributed by atoms with Gasteiger partial charge in [-0.15, -0.1) is 5.10 Å². The van der Waals surface area contributed by atoms with Crippen LogP contribution in [0.3, 0.4) is 0 Å². The molecule has 2 aromatic carbocycles. The minimum atomic E-state index is -5.11. The summed E-state index contributed by atoms with van der Waals surface area (Å²) in [6.07, 6.45) is -12.6. The third kappa shape index (κ3) is 5.18. The summed E-state index contributed by atoms with van der Waals surface area (Å²) in [5, 5.41) is 5.12. The van der Waals surface area contributed by atoms with Crippen LogP contribution in [0.5, 0.6) is 5.75 Å². The van der Waals surface area contributed by atoms with Gasteiger partial charge >= 0.3 is 18.0 Å². The van der Waals surface area contributed by atoms with Crippen molar-refractivity contribution in [3.8, 4) is 11.4 Å². The maximum atomic E-state index is 14.9. The monoisotopic (exact) mass is 524 g/mol. The number of rotatable bonds is 5. The first-order chi connectivity index (χ1) is 16.5. The van der Waals surface area contributed by atoms with Crippen molar-refractivity contribution in [2.45, 2.75) is 32.3 Å². The number of anilines is 1. The SMILES string of the molecule is Cc1cccc(F)c1NC(=O)c1cc(F)c(-n2nc(C(F)(F)F)n(C)c2=O)cc1O[C@@H](C)C(F)(F)F. The van der Waals surface area contributed by atoms with E-state index in [1.807, 2.05) is 0 Å². The van der Waals surface area contributed by atoms with E-state index in [0.717, 1.165) is 6.07 Å². The molecule has 0 bridgehead atoms. The number of carbonyl (C=O) groups excluding carboxylic acids is 1. The Balaban J connectivity index is 2.18. The van der Waals surface area contributed by atoms with Gasteiger partial charge in [-0.25, -0.2) is 13.6 Å². The summed E-state index contributed by atoms with van der Waals surface area (Å²) in [5.74, 6) is -6.34. The number of para-hydroxylation sites is 1. The number of aromatic nitrogens is 3. The number of carbonyl (C=O) groups is 1. The summed E-state index contributed by atoms with van der Waals surface area (Å²) >= 11 is 0. The smallest absolute Gasteiger partial charge is 0.451 e. The summed E-state index contributed by atoms with van der Waals surface area (Å²) in [7, 11) is 0.703. The molecule has 1 aromatic heterocycles. The lowest BCUT2D eigenvalue weighted by atomic mass is 10.1. The minimum Gasteiger partial charge on any atom is -0.480 e. The Kier molecular flexibility index (Phi) is 6.88. The van der Waals surface area contributed by atoms with E-state index in [-0.39, 0.29) is 20.5 Å². The molecule has 0 saturated heterocycles. The molecule has 3 rings (SSSR count). The second-order valence-corrected chi connectivity index (χ2v) is 7.56. The van der Waals surface area contributed by atoms with E-state index < -0.39 is 64.5 Å². The van der Waals surface area contributed by atoms with Crippen LogP contribution in [0.15, 0.2) is 35.1 Å². The first kappa shape index (κ1) is 26.7. The molecule has 0 fully saturated rings. The predicted molar refractivity (Wildman–Crippen MR) is 109 cm³/mol. The van der Waals surface area contributed by atoms with Crippen LogP contribution in [-0.4, -0.2) is 32.5 Å². The number of halogens is 8. The molecule has 1 heterocycles. The van der Waals surface area contributed by atoms with Gasteiger partial charge in [0.05, 0.1) is 11.3 Å². The molecule has 0 saturated carbocycles. The van der Waals surface area contributed by atoms with Crippen molar-refractivity contribution in [3.05, 3.63) is 69.4 Å². The summed E-state index contributed by atoms with van der Waals surface area (Å²) in [4.78, 5) is 25.1. The topological polar surface area (TPSA) is 78.2 Å². The molecule has 7 nitrogen and oxygen atoms in total. The molecule has 0 aliphatic heterocycles. The Morgan fingerprint density at radius 1 is 1.08 bits per heavy atom. The zero-order valence-electron chi connectivity index (χ0n) is 18.6. The number of aryl methyl sites for hydroxylation is 1. The van der Waals surface area contributed by atoms with Crippen LogP contribution in [0, 0.1) is 18.6 Å². The van der Waals surface area contributed by atoms with Crippen molar-refractivity contribution in [1.29, 1.82) is 0 Å². The Bertz CT molecular complexity index is 1350. The molecular weight excluding hydrogens is 508 g/mol. The van der Waals surface area contributed by atoms with Gasteiger partial charge in [0.1, 0.15) is 23.1 Å². The second kappa shape index (κ2) is 9.28. The van der Waals surface area contributed by atoms with Crippen LogP contribution >= 0.6 is 0 Å². The van der Waals surface area contributed by atoms with Crippen molar-refractivity contribution < 1.29 is 44.7 Å². The molecular formula is C21H16F8N4O3. The minimum absolute atomic E-state index is 0.0357. The molecule has 36 heavy (non-hydrogen) atoms. The van der Waals surface area contributed by atoms with Gasteiger partial charge in [0.15, 0.2) is 6.10 Å². The number of nitrogens with one attached hydrogen (secondary N) is 1. The fourth-order valence-electron chi connectivity index (χ4n) is 3.05. The quantitative estimate of drug-likeness (QED) is 0.489. The molecule has 0 radical (unpaired) electrons. The molecule has 0 spiro atoms. The van der Waals surface area contributed by atoms with Crippen molar-refractivity contribution >= 4 is 11.6 Å². The van der Waals surface area contributed by atoms with E-state index in [1.165, 1.54) is 19.1 Å². The summed E-state index contributed by atoms with van der Waals surface area (Å²) in [6.45, 7) is 1.97. The molecule has 0 aliphatic carbocycles. The Hall–Kier alpha value is -3.91. The number of hydrogen-bond acceptors (Lipinski definition) is 4. The summed E-state index contributed by atoms with van der Waals surface area (Å²) in [5.41, 5.74) is -3.47. The van der Waals surface area contributed by atoms with Crippen molar-refractivity contribution in [3.63, 3.8) is 0 Å². The highest BCUT2D eigenvalue weighted by Gasteiger charge is 2.40. The number of ether oxygens (including phenoxy) is 1. The number of amides is 1. The van der Waals surface area contributed by atoms with E-state index in [1.54, 1.807) is 0 Å². The standard InChI is InChI=1S/C21H16F8N4O3/c1-9-5-4-6-12(22)16(9)30-17(34)11-7-13(23)14(8-15(11)36-10(2)20(24,25)26)33-19(35)32(3)18(31-33)21(27,28)29/h4-8,10H,1-3H3,(H,30,34)/t10-/m0/s1. The highest BCUT2D eigenvalue weighted by Crippen LogP contribution is 2.32. The molecule has 15 heteroatoms.